The highest BCUT2D eigenvalue weighted by atomic mass is 16.5. The number of nitrogens with zero attached hydrogens (tertiary/aromatic N) is 4. The van der Waals surface area contributed by atoms with Crippen LogP contribution in [0.3, 0.4) is 0 Å². The number of hydrogen-bond donors (Lipinski definition) is 0. The van der Waals surface area contributed by atoms with Crippen LogP contribution < -0.4 is 4.74 Å². The molecule has 0 N–H and O–H groups in total. The number of ether oxygens (including phenoxy) is 2. The molecule has 0 aliphatic heterocycles. The fourth-order valence-corrected chi connectivity index (χ4v) is 2.57. The Morgan fingerprint density at radius 3 is 2.62 bits per heavy atom. The van der Waals surface area contributed by atoms with Gasteiger partial charge in [-0.2, -0.15) is 0 Å². The fourth-order valence-electron chi connectivity index (χ4n) is 2.57. The number of benzene rings is 1. The lowest BCUT2D eigenvalue weighted by Crippen LogP contribution is -2.11. The van der Waals surface area contributed by atoms with E-state index >= 15 is 0 Å². The fraction of sp³-hybridized carbons (Fsp3) is 0.294. The topological polar surface area (TPSA) is 97.2 Å². The monoisotopic (exact) mass is 326 g/mol. The molecule has 0 saturated carbocycles. The highest BCUT2D eigenvalue weighted by Gasteiger charge is 2.24. The Morgan fingerprint density at radius 1 is 1.29 bits per heavy atom. The molecule has 1 aromatic carbocycles. The number of carbonyl (C=O) groups excluding carboxylic acids is 1. The number of aromatic nitrogens is 1. The highest BCUT2D eigenvalue weighted by Crippen LogP contribution is 2.41. The Hall–Kier alpha value is -3.05. The molecular formula is C17H18N4O3. The predicted octanol–water partition coefficient (Wildman–Crippen LogP) is 4.49. The van der Waals surface area contributed by atoms with Gasteiger partial charge in [-0.1, -0.05) is 23.3 Å². The summed E-state index contributed by atoms with van der Waals surface area (Å²) in [5.41, 5.74) is 11.6. The molecule has 1 aromatic heterocycles. The summed E-state index contributed by atoms with van der Waals surface area (Å²) < 4.78 is 10.6. The summed E-state index contributed by atoms with van der Waals surface area (Å²) in [4.78, 5) is 19.7. The minimum atomic E-state index is -0.516. The van der Waals surface area contributed by atoms with Crippen molar-refractivity contribution in [3.63, 3.8) is 0 Å². The average Bonchev–Trinajstić information content (AvgIpc) is 2.57. The number of carbonyl (C=O) groups is 1. The van der Waals surface area contributed by atoms with Crippen LogP contribution >= 0.6 is 0 Å². The van der Waals surface area contributed by atoms with Crippen molar-refractivity contribution < 1.29 is 14.3 Å². The molecule has 24 heavy (non-hydrogen) atoms. The van der Waals surface area contributed by atoms with Crippen LogP contribution in [0.2, 0.25) is 0 Å². The average molecular weight is 326 g/mol. The van der Waals surface area contributed by atoms with Crippen molar-refractivity contribution in [3.8, 4) is 16.9 Å². The molecule has 2 rings (SSSR count). The first-order chi connectivity index (χ1) is 11.5. The molecule has 0 fully saturated rings. The lowest BCUT2D eigenvalue weighted by Gasteiger charge is -2.17. The van der Waals surface area contributed by atoms with Gasteiger partial charge in [0, 0.05) is 21.7 Å². The van der Waals surface area contributed by atoms with E-state index in [-0.39, 0.29) is 17.9 Å². The second-order valence-corrected chi connectivity index (χ2v) is 4.99. The van der Waals surface area contributed by atoms with Crippen LogP contribution in [0.4, 0.5) is 5.69 Å². The number of pyridine rings is 1. The number of hydrogen-bond acceptors (Lipinski definition) is 5. The molecule has 124 valence electrons. The summed E-state index contributed by atoms with van der Waals surface area (Å²) >= 11 is 0. The lowest BCUT2D eigenvalue weighted by atomic mass is 9.95. The van der Waals surface area contributed by atoms with E-state index in [0.717, 1.165) is 0 Å². The highest BCUT2D eigenvalue weighted by molar-refractivity contribution is 6.02. The minimum absolute atomic E-state index is 0.231. The molecule has 0 aliphatic carbocycles. The first-order valence-electron chi connectivity index (χ1n) is 7.41. The van der Waals surface area contributed by atoms with E-state index in [1.165, 1.54) is 7.11 Å². The van der Waals surface area contributed by atoms with Crippen molar-refractivity contribution in [2.24, 2.45) is 5.11 Å². The summed E-state index contributed by atoms with van der Waals surface area (Å²) in [6, 6.07) is 7.21. The Morgan fingerprint density at radius 2 is 2.00 bits per heavy atom. The summed E-state index contributed by atoms with van der Waals surface area (Å²) in [5, 5.41) is 3.76. The van der Waals surface area contributed by atoms with E-state index in [1.54, 1.807) is 32.9 Å². The van der Waals surface area contributed by atoms with Crippen LogP contribution in [0.5, 0.6) is 5.75 Å². The van der Waals surface area contributed by atoms with Crippen molar-refractivity contribution in [3.05, 3.63) is 51.7 Å². The molecule has 0 bridgehead atoms. The molecule has 0 unspecified atom stereocenters. The summed E-state index contributed by atoms with van der Waals surface area (Å²) in [6.45, 7) is 5.41. The molecule has 0 atom stereocenters. The number of para-hydroxylation sites is 1. The second-order valence-electron chi connectivity index (χ2n) is 4.99. The van der Waals surface area contributed by atoms with Gasteiger partial charge in [0.05, 0.1) is 30.7 Å². The zero-order valence-electron chi connectivity index (χ0n) is 14.0. The number of methoxy groups -OCH3 is 1. The van der Waals surface area contributed by atoms with E-state index in [9.17, 15) is 4.79 Å². The van der Waals surface area contributed by atoms with Crippen LogP contribution in [0, 0.1) is 13.8 Å². The van der Waals surface area contributed by atoms with E-state index < -0.39 is 5.97 Å². The molecule has 7 heteroatoms. The number of azide groups is 1. The normalized spacial score (nSPS) is 10.0. The molecule has 0 amide bonds. The largest absolute Gasteiger partial charge is 0.496 e. The van der Waals surface area contributed by atoms with Crippen molar-refractivity contribution in [2.45, 2.75) is 20.8 Å². The number of esters is 1. The van der Waals surface area contributed by atoms with Gasteiger partial charge < -0.3 is 9.47 Å². The molecular weight excluding hydrogens is 308 g/mol. The quantitative estimate of drug-likeness (QED) is 0.350. The van der Waals surface area contributed by atoms with Crippen LogP contribution in [-0.2, 0) is 4.74 Å². The molecule has 0 saturated heterocycles. The molecule has 0 spiro atoms. The van der Waals surface area contributed by atoms with Gasteiger partial charge in [-0.3, -0.25) is 4.98 Å². The summed E-state index contributed by atoms with van der Waals surface area (Å²) in [5.74, 6) is 0.0419. The van der Waals surface area contributed by atoms with Crippen molar-refractivity contribution >= 4 is 11.7 Å². The first kappa shape index (κ1) is 17.3. The van der Waals surface area contributed by atoms with Crippen molar-refractivity contribution in [1.29, 1.82) is 0 Å². The van der Waals surface area contributed by atoms with Gasteiger partial charge in [0.2, 0.25) is 0 Å². The zero-order chi connectivity index (χ0) is 17.7. The standard InChI is InChI=1S/C17H18N4O3/c1-5-24-17(22)14-10(2)19-11(3)16(20-21-18)15(14)12-8-6-7-9-13(12)23-4/h6-9H,5H2,1-4H3. The van der Waals surface area contributed by atoms with Crippen LogP contribution in [0.25, 0.3) is 21.6 Å². The van der Waals surface area contributed by atoms with Crippen LogP contribution in [-0.4, -0.2) is 24.7 Å². The number of rotatable bonds is 5. The maximum atomic E-state index is 12.5. The number of aryl methyl sites for hydroxylation is 2. The third-order valence-electron chi connectivity index (χ3n) is 3.53. The molecule has 1 heterocycles. The SMILES string of the molecule is CCOC(=O)c1c(C)nc(C)c(N=[N+]=[N-])c1-c1ccccc1OC. The van der Waals surface area contributed by atoms with E-state index in [1.807, 2.05) is 12.1 Å². The summed E-state index contributed by atoms with van der Waals surface area (Å²) in [7, 11) is 1.54. The lowest BCUT2D eigenvalue weighted by molar-refractivity contribution is 0.0526. The smallest absolute Gasteiger partial charge is 0.340 e. The molecule has 7 nitrogen and oxygen atoms in total. The van der Waals surface area contributed by atoms with Crippen LogP contribution in [0.1, 0.15) is 28.7 Å². The van der Waals surface area contributed by atoms with Gasteiger partial charge in [0.25, 0.3) is 0 Å². The van der Waals surface area contributed by atoms with Crippen LogP contribution in [0.15, 0.2) is 29.4 Å². The Bertz CT molecular complexity index is 827. The maximum Gasteiger partial charge on any atom is 0.340 e. The predicted molar refractivity (Wildman–Crippen MR) is 90.5 cm³/mol. The third-order valence-corrected chi connectivity index (χ3v) is 3.53. The third kappa shape index (κ3) is 3.16. The van der Waals surface area contributed by atoms with Crippen molar-refractivity contribution in [2.75, 3.05) is 13.7 Å². The Balaban J connectivity index is 2.93. The second kappa shape index (κ2) is 7.48. The van der Waals surface area contributed by atoms with Gasteiger partial charge >= 0.3 is 5.97 Å². The zero-order valence-corrected chi connectivity index (χ0v) is 14.0. The molecule has 2 aromatic rings. The van der Waals surface area contributed by atoms with Gasteiger partial charge in [-0.25, -0.2) is 4.79 Å². The Labute approximate surface area is 139 Å². The van der Waals surface area contributed by atoms with Gasteiger partial charge in [-0.15, -0.1) is 0 Å². The molecule has 0 aliphatic rings. The minimum Gasteiger partial charge on any atom is -0.496 e. The van der Waals surface area contributed by atoms with Crippen molar-refractivity contribution in [1.82, 2.24) is 4.98 Å². The Kier molecular flexibility index (Phi) is 5.39. The van der Waals surface area contributed by atoms with E-state index in [0.29, 0.717) is 28.3 Å². The summed E-state index contributed by atoms with van der Waals surface area (Å²) in [6.07, 6.45) is 0. The molecule has 0 radical (unpaired) electrons. The van der Waals surface area contributed by atoms with Gasteiger partial charge in [-0.05, 0) is 32.4 Å². The maximum absolute atomic E-state index is 12.5. The first-order valence-corrected chi connectivity index (χ1v) is 7.41. The van der Waals surface area contributed by atoms with E-state index in [2.05, 4.69) is 15.0 Å². The van der Waals surface area contributed by atoms with Gasteiger partial charge in [0.1, 0.15) is 5.75 Å². The van der Waals surface area contributed by atoms with E-state index in [4.69, 9.17) is 15.0 Å². The van der Waals surface area contributed by atoms with Gasteiger partial charge in [0.15, 0.2) is 0 Å².